The topological polar surface area (TPSA) is 25.2 Å². The van der Waals surface area contributed by atoms with E-state index in [1.165, 1.54) is 64.5 Å². The maximum Gasteiger partial charge on any atom is 0.161 e. The number of rotatable bonds is 11. The van der Waals surface area contributed by atoms with Crippen molar-refractivity contribution >= 4 is 17.6 Å². The lowest BCUT2D eigenvalue weighted by Gasteiger charge is -2.40. The van der Waals surface area contributed by atoms with Gasteiger partial charge in [0, 0.05) is 36.1 Å². The first kappa shape index (κ1) is 23.1. The summed E-state index contributed by atoms with van der Waals surface area (Å²) in [5.74, 6) is 1.11. The highest BCUT2D eigenvalue weighted by atomic mass is 16.1. The van der Waals surface area contributed by atoms with Gasteiger partial charge in [0.1, 0.15) is 0 Å². The van der Waals surface area contributed by atoms with Gasteiger partial charge in [-0.15, -0.1) is 0 Å². The lowest BCUT2D eigenvalue weighted by Crippen LogP contribution is -2.43. The molecular weight excluding hydrogens is 368 g/mol. The number of hydrogen-bond donors (Lipinski definition) is 0. The Bertz CT molecular complexity index is 843. The Morgan fingerprint density at radius 1 is 1.10 bits per heavy atom. The molecule has 2 heterocycles. The highest BCUT2D eigenvalue weighted by Gasteiger charge is 2.27. The molecule has 3 rings (SSSR count). The first-order valence-electron chi connectivity index (χ1n) is 12.5. The number of hydrogen-bond acceptors (Lipinski definition) is 2. The SMILES string of the molecule is CCCCCC1CCN(CCCn2cc(C(C)=O)c3c2=C=CCCC=3)C(CCC)C1. The molecule has 0 bridgehead atoms. The van der Waals surface area contributed by atoms with Gasteiger partial charge in [0.05, 0.1) is 5.35 Å². The van der Waals surface area contributed by atoms with E-state index in [9.17, 15) is 4.79 Å². The van der Waals surface area contributed by atoms with E-state index in [0.717, 1.165) is 53.9 Å². The van der Waals surface area contributed by atoms with Gasteiger partial charge in [-0.05, 0) is 64.0 Å². The molecule has 1 saturated heterocycles. The first-order valence-corrected chi connectivity index (χ1v) is 12.5. The minimum absolute atomic E-state index is 0.165. The van der Waals surface area contributed by atoms with Gasteiger partial charge in [0.25, 0.3) is 0 Å². The van der Waals surface area contributed by atoms with Crippen LogP contribution in [0.2, 0.25) is 0 Å². The van der Waals surface area contributed by atoms with Gasteiger partial charge in [-0.1, -0.05) is 57.8 Å². The van der Waals surface area contributed by atoms with E-state index >= 15 is 0 Å². The van der Waals surface area contributed by atoms with Crippen molar-refractivity contribution in [3.63, 3.8) is 0 Å². The highest BCUT2D eigenvalue weighted by molar-refractivity contribution is 5.94. The zero-order valence-corrected chi connectivity index (χ0v) is 19.6. The summed E-state index contributed by atoms with van der Waals surface area (Å²) in [5, 5.41) is 2.21. The van der Waals surface area contributed by atoms with Crippen molar-refractivity contribution in [2.45, 2.75) is 104 Å². The summed E-state index contributed by atoms with van der Waals surface area (Å²) in [4.78, 5) is 14.9. The molecule has 1 aromatic rings. The van der Waals surface area contributed by atoms with Crippen LogP contribution in [0.3, 0.4) is 0 Å². The molecular formula is C27H42N2O. The maximum atomic E-state index is 12.1. The summed E-state index contributed by atoms with van der Waals surface area (Å²) in [7, 11) is 0. The van der Waals surface area contributed by atoms with E-state index in [-0.39, 0.29) is 5.78 Å². The van der Waals surface area contributed by atoms with Crippen molar-refractivity contribution in [2.75, 3.05) is 13.1 Å². The molecule has 1 aliphatic heterocycles. The van der Waals surface area contributed by atoms with Gasteiger partial charge in [-0.25, -0.2) is 0 Å². The molecule has 0 N–H and O–H groups in total. The van der Waals surface area contributed by atoms with E-state index in [4.69, 9.17) is 0 Å². The van der Waals surface area contributed by atoms with Crippen LogP contribution in [0.5, 0.6) is 0 Å². The molecule has 0 amide bonds. The molecule has 30 heavy (non-hydrogen) atoms. The van der Waals surface area contributed by atoms with Crippen LogP contribution < -0.4 is 10.6 Å². The van der Waals surface area contributed by atoms with Crippen LogP contribution in [-0.4, -0.2) is 34.4 Å². The van der Waals surface area contributed by atoms with Gasteiger partial charge in [-0.3, -0.25) is 4.79 Å². The third-order valence-corrected chi connectivity index (χ3v) is 7.02. The lowest BCUT2D eigenvalue weighted by molar-refractivity contribution is 0.0975. The summed E-state index contributed by atoms with van der Waals surface area (Å²) >= 11 is 0. The van der Waals surface area contributed by atoms with E-state index in [0.29, 0.717) is 0 Å². The largest absolute Gasteiger partial charge is 0.340 e. The molecule has 2 atom stereocenters. The summed E-state index contributed by atoms with van der Waals surface area (Å²) in [6.07, 6.45) is 20.5. The molecule has 0 saturated carbocycles. The number of nitrogens with zero attached hydrogens (tertiary/aromatic N) is 2. The standard InChI is InChI=1S/C27H42N2O/c1-4-6-8-13-23-16-19-28(24(20-23)12-5-2)17-11-18-29-21-26(22(3)30)25-14-9-7-10-15-27(25)29/h10,14,21,23-24H,4-9,11-13,16-20H2,1-3H3. The Morgan fingerprint density at radius 2 is 1.97 bits per heavy atom. The Morgan fingerprint density at radius 3 is 2.73 bits per heavy atom. The number of carbonyl (C=O) groups excluding carboxylic acids is 1. The van der Waals surface area contributed by atoms with Crippen LogP contribution in [0.1, 0.15) is 102 Å². The van der Waals surface area contributed by atoms with Gasteiger partial charge >= 0.3 is 0 Å². The average Bonchev–Trinajstić information content (AvgIpc) is 2.90. The Labute approximate surface area is 183 Å². The van der Waals surface area contributed by atoms with Gasteiger partial charge in [0.2, 0.25) is 0 Å². The van der Waals surface area contributed by atoms with E-state index in [2.05, 4.69) is 47.4 Å². The normalized spacial score (nSPS) is 21.6. The zero-order valence-electron chi connectivity index (χ0n) is 19.6. The molecule has 2 aliphatic rings. The van der Waals surface area contributed by atoms with Crippen LogP contribution in [-0.2, 0) is 6.54 Å². The number of likely N-dealkylation sites (tertiary alicyclic amines) is 1. The smallest absolute Gasteiger partial charge is 0.161 e. The van der Waals surface area contributed by atoms with Crippen molar-refractivity contribution in [1.29, 1.82) is 0 Å². The minimum atomic E-state index is 0.165. The molecule has 1 aromatic heterocycles. The molecule has 0 aromatic carbocycles. The second kappa shape index (κ2) is 11.7. The lowest BCUT2D eigenvalue weighted by atomic mass is 9.85. The van der Waals surface area contributed by atoms with Crippen molar-refractivity contribution in [2.24, 2.45) is 5.92 Å². The molecule has 1 aliphatic carbocycles. The number of allylic oxidation sites excluding steroid dienone is 1. The summed E-state index contributed by atoms with van der Waals surface area (Å²) in [5.41, 5.74) is 4.32. The van der Waals surface area contributed by atoms with E-state index < -0.39 is 0 Å². The third-order valence-electron chi connectivity index (χ3n) is 7.02. The third kappa shape index (κ3) is 5.99. The molecule has 3 heteroatoms. The molecule has 1 fully saturated rings. The molecule has 166 valence electrons. The van der Waals surface area contributed by atoms with Crippen LogP contribution in [0, 0.1) is 5.92 Å². The molecule has 3 nitrogen and oxygen atoms in total. The number of carbonyl (C=O) groups is 1. The first-order chi connectivity index (χ1) is 14.6. The molecule has 2 unspecified atom stereocenters. The van der Waals surface area contributed by atoms with Crippen LogP contribution in [0.4, 0.5) is 0 Å². The van der Waals surface area contributed by atoms with Crippen molar-refractivity contribution in [3.05, 3.63) is 28.4 Å². The summed E-state index contributed by atoms with van der Waals surface area (Å²) in [6, 6.07) is 0.768. The van der Waals surface area contributed by atoms with Crippen molar-refractivity contribution in [3.8, 4) is 0 Å². The fourth-order valence-electron chi connectivity index (χ4n) is 5.38. The maximum absolute atomic E-state index is 12.1. The summed E-state index contributed by atoms with van der Waals surface area (Å²) < 4.78 is 2.27. The fourth-order valence-corrected chi connectivity index (χ4v) is 5.38. The van der Waals surface area contributed by atoms with Gasteiger partial charge in [0.15, 0.2) is 5.78 Å². The number of piperidine rings is 1. The molecule has 0 radical (unpaired) electrons. The zero-order chi connectivity index (χ0) is 21.3. The molecule has 0 spiro atoms. The average molecular weight is 411 g/mol. The Balaban J connectivity index is 1.61. The Hall–Kier alpha value is -1.57. The summed E-state index contributed by atoms with van der Waals surface area (Å²) in [6.45, 7) is 9.72. The van der Waals surface area contributed by atoms with Gasteiger partial charge in [-0.2, -0.15) is 0 Å². The number of unbranched alkanes of at least 4 members (excludes halogenated alkanes) is 2. The van der Waals surface area contributed by atoms with Crippen LogP contribution >= 0.6 is 0 Å². The van der Waals surface area contributed by atoms with Crippen molar-refractivity contribution < 1.29 is 4.79 Å². The highest BCUT2D eigenvalue weighted by Crippen LogP contribution is 2.29. The number of ketones is 1. The fraction of sp³-hybridized carbons (Fsp3) is 0.704. The second-order valence-electron chi connectivity index (χ2n) is 9.40. The van der Waals surface area contributed by atoms with E-state index in [1.54, 1.807) is 6.92 Å². The van der Waals surface area contributed by atoms with Crippen molar-refractivity contribution in [1.82, 2.24) is 9.47 Å². The number of aryl methyl sites for hydroxylation is 1. The predicted octanol–water partition coefficient (Wildman–Crippen LogP) is 5.05. The number of fused-ring (bicyclic) bond motifs is 1. The predicted molar refractivity (Wildman–Crippen MR) is 127 cm³/mol. The van der Waals surface area contributed by atoms with Gasteiger partial charge < -0.3 is 9.47 Å². The van der Waals surface area contributed by atoms with Crippen LogP contribution in [0.15, 0.2) is 12.3 Å². The minimum Gasteiger partial charge on any atom is -0.340 e. The number of aromatic nitrogens is 1. The van der Waals surface area contributed by atoms with Crippen LogP contribution in [0.25, 0.3) is 11.8 Å². The quantitative estimate of drug-likeness (QED) is 0.377. The van der Waals surface area contributed by atoms with E-state index in [1.807, 2.05) is 0 Å². The monoisotopic (exact) mass is 410 g/mol. The second-order valence-corrected chi connectivity index (χ2v) is 9.40. The number of Topliss-reactive ketones (excluding diaryl/α,β-unsaturated/α-hetero) is 1. The Kier molecular flexibility index (Phi) is 9.03.